The van der Waals surface area contributed by atoms with Gasteiger partial charge in [0.25, 0.3) is 0 Å². The third-order valence-electron chi connectivity index (χ3n) is 5.71. The summed E-state index contributed by atoms with van der Waals surface area (Å²) in [5.41, 5.74) is 0.141. The van der Waals surface area contributed by atoms with Gasteiger partial charge in [0.15, 0.2) is 0 Å². The van der Waals surface area contributed by atoms with Crippen LogP contribution in [0.25, 0.3) is 0 Å². The molecule has 5 heteroatoms. The molecule has 2 aromatic rings. The van der Waals surface area contributed by atoms with Crippen molar-refractivity contribution in [3.63, 3.8) is 0 Å². The minimum atomic E-state index is -2.17. The van der Waals surface area contributed by atoms with Gasteiger partial charge in [-0.05, 0) is 25.3 Å². The highest BCUT2D eigenvalue weighted by Crippen LogP contribution is 2.18. The zero-order chi connectivity index (χ0) is 18.6. The fraction of sp³-hybridized carbons (Fsp3) is 0.409. The Hall–Kier alpha value is -1.62. The molecule has 2 N–H and O–H groups in total. The average Bonchev–Trinajstić information content (AvgIpc) is 3.21. The molecule has 1 heterocycles. The molecule has 1 fully saturated rings. The first kappa shape index (κ1) is 21.7. The molecule has 0 bridgehead atoms. The number of carbonyl (C=O) groups excluding carboxylic acids is 1. The van der Waals surface area contributed by atoms with E-state index in [0.29, 0.717) is 5.92 Å². The summed E-state index contributed by atoms with van der Waals surface area (Å²) < 4.78 is 0. The first-order chi connectivity index (χ1) is 12.5. The summed E-state index contributed by atoms with van der Waals surface area (Å²) in [4.78, 5) is 12.9. The highest BCUT2D eigenvalue weighted by atomic mass is 35.5. The lowest BCUT2D eigenvalue weighted by molar-refractivity contribution is -0.123. The minimum absolute atomic E-state index is 0. The van der Waals surface area contributed by atoms with Crippen LogP contribution in [0.15, 0.2) is 60.7 Å². The third kappa shape index (κ3) is 4.62. The molecule has 2 atom stereocenters. The highest BCUT2D eigenvalue weighted by molar-refractivity contribution is 7.02. The number of carbonyl (C=O) groups is 1. The number of hydrogen-bond acceptors (Lipinski definition) is 2. The van der Waals surface area contributed by atoms with Crippen molar-refractivity contribution in [1.29, 1.82) is 0 Å². The molecule has 0 saturated carbocycles. The van der Waals surface area contributed by atoms with Crippen molar-refractivity contribution in [2.45, 2.75) is 44.9 Å². The lowest BCUT2D eigenvalue weighted by Crippen LogP contribution is -2.71. The van der Waals surface area contributed by atoms with Crippen molar-refractivity contribution in [3.05, 3.63) is 60.7 Å². The van der Waals surface area contributed by atoms with Crippen LogP contribution in [0, 0.1) is 5.92 Å². The SMILES string of the molecule is CC(C)[C@H](NC(=O)[C@@H]1CCCN1)[Si](C)(c1ccccc1)c1ccccc1.Cl. The lowest BCUT2D eigenvalue weighted by atomic mass is 10.2. The van der Waals surface area contributed by atoms with Crippen molar-refractivity contribution in [2.75, 3.05) is 6.54 Å². The Morgan fingerprint density at radius 1 is 1.04 bits per heavy atom. The van der Waals surface area contributed by atoms with Gasteiger partial charge >= 0.3 is 0 Å². The van der Waals surface area contributed by atoms with E-state index >= 15 is 0 Å². The van der Waals surface area contributed by atoms with Gasteiger partial charge < -0.3 is 10.6 Å². The summed E-state index contributed by atoms with van der Waals surface area (Å²) in [6.07, 6.45) is 2.02. The second-order valence-electron chi connectivity index (χ2n) is 7.81. The fourth-order valence-corrected chi connectivity index (χ4v) is 8.82. The maximum Gasteiger partial charge on any atom is 0.237 e. The normalized spacial score (nSPS) is 18.0. The van der Waals surface area contributed by atoms with Crippen LogP contribution < -0.4 is 21.0 Å². The first-order valence-electron chi connectivity index (χ1n) is 9.68. The predicted molar refractivity (Wildman–Crippen MR) is 119 cm³/mol. The average molecular weight is 403 g/mol. The zero-order valence-corrected chi connectivity index (χ0v) is 18.3. The molecular weight excluding hydrogens is 372 g/mol. The minimum Gasteiger partial charge on any atom is -0.354 e. The van der Waals surface area contributed by atoms with E-state index in [1.165, 1.54) is 10.4 Å². The Morgan fingerprint density at radius 2 is 1.56 bits per heavy atom. The van der Waals surface area contributed by atoms with Crippen LogP contribution in [0.3, 0.4) is 0 Å². The molecule has 0 unspecified atom stereocenters. The molecular formula is C22H31ClN2OSi. The summed E-state index contributed by atoms with van der Waals surface area (Å²) in [6.45, 7) is 7.79. The van der Waals surface area contributed by atoms with E-state index in [9.17, 15) is 4.79 Å². The summed E-state index contributed by atoms with van der Waals surface area (Å²) in [5.74, 6) is 0.518. The van der Waals surface area contributed by atoms with Crippen molar-refractivity contribution in [3.8, 4) is 0 Å². The Bertz CT molecular complexity index is 678. The van der Waals surface area contributed by atoms with Crippen molar-refractivity contribution >= 4 is 36.8 Å². The van der Waals surface area contributed by atoms with Crippen molar-refractivity contribution in [1.82, 2.24) is 10.6 Å². The zero-order valence-electron chi connectivity index (χ0n) is 16.4. The van der Waals surface area contributed by atoms with E-state index < -0.39 is 8.07 Å². The monoisotopic (exact) mass is 402 g/mol. The maximum absolute atomic E-state index is 12.9. The molecule has 146 valence electrons. The fourth-order valence-electron chi connectivity index (χ4n) is 4.23. The molecule has 1 saturated heterocycles. The molecule has 1 amide bonds. The highest BCUT2D eigenvalue weighted by Gasteiger charge is 2.43. The molecule has 1 aliphatic heterocycles. The van der Waals surface area contributed by atoms with Gasteiger partial charge in [0, 0.05) is 5.67 Å². The molecule has 0 aromatic heterocycles. The molecule has 1 aliphatic rings. The Morgan fingerprint density at radius 3 is 1.96 bits per heavy atom. The predicted octanol–water partition coefficient (Wildman–Crippen LogP) is 2.73. The van der Waals surface area contributed by atoms with Gasteiger partial charge in [0.1, 0.15) is 8.07 Å². The van der Waals surface area contributed by atoms with Gasteiger partial charge in [-0.15, -0.1) is 12.4 Å². The quantitative estimate of drug-likeness (QED) is 0.729. The van der Waals surface area contributed by atoms with Crippen LogP contribution in [-0.2, 0) is 4.79 Å². The molecule has 0 aliphatic carbocycles. The number of amides is 1. The molecule has 2 aromatic carbocycles. The molecule has 3 rings (SSSR count). The number of hydrogen-bond donors (Lipinski definition) is 2. The largest absolute Gasteiger partial charge is 0.354 e. The van der Waals surface area contributed by atoms with E-state index in [4.69, 9.17) is 0 Å². The van der Waals surface area contributed by atoms with E-state index in [2.05, 4.69) is 91.7 Å². The van der Waals surface area contributed by atoms with Gasteiger partial charge in [-0.3, -0.25) is 4.79 Å². The van der Waals surface area contributed by atoms with E-state index in [0.717, 1.165) is 19.4 Å². The number of nitrogens with one attached hydrogen (secondary N) is 2. The van der Waals surface area contributed by atoms with Gasteiger partial charge in [-0.1, -0.05) is 91.4 Å². The van der Waals surface area contributed by atoms with Crippen molar-refractivity contribution in [2.24, 2.45) is 5.92 Å². The number of halogens is 1. The van der Waals surface area contributed by atoms with E-state index in [1.807, 2.05) is 0 Å². The third-order valence-corrected chi connectivity index (χ3v) is 10.8. The second kappa shape index (κ2) is 9.54. The Balaban J connectivity index is 0.00000261. The van der Waals surface area contributed by atoms with Crippen LogP contribution >= 0.6 is 12.4 Å². The van der Waals surface area contributed by atoms with Gasteiger partial charge in [0.2, 0.25) is 5.91 Å². The summed E-state index contributed by atoms with van der Waals surface area (Å²) >= 11 is 0. The van der Waals surface area contributed by atoms with Gasteiger partial charge in [-0.2, -0.15) is 0 Å². The van der Waals surface area contributed by atoms with Crippen LogP contribution in [0.5, 0.6) is 0 Å². The van der Waals surface area contributed by atoms with Crippen LogP contribution in [-0.4, -0.2) is 32.2 Å². The first-order valence-corrected chi connectivity index (χ1v) is 12.3. The second-order valence-corrected chi connectivity index (χ2v) is 12.0. The van der Waals surface area contributed by atoms with Crippen LogP contribution in [0.1, 0.15) is 26.7 Å². The van der Waals surface area contributed by atoms with Crippen LogP contribution in [0.4, 0.5) is 0 Å². The van der Waals surface area contributed by atoms with Crippen molar-refractivity contribution < 1.29 is 4.79 Å². The summed E-state index contributed by atoms with van der Waals surface area (Å²) in [7, 11) is -2.17. The van der Waals surface area contributed by atoms with Gasteiger partial charge in [0.05, 0.1) is 6.04 Å². The van der Waals surface area contributed by atoms with E-state index in [1.54, 1.807) is 0 Å². The van der Waals surface area contributed by atoms with Gasteiger partial charge in [-0.25, -0.2) is 0 Å². The molecule has 0 spiro atoms. The molecule has 27 heavy (non-hydrogen) atoms. The molecule has 0 radical (unpaired) electrons. The smallest absolute Gasteiger partial charge is 0.237 e. The lowest BCUT2D eigenvalue weighted by Gasteiger charge is -2.40. The Labute approximate surface area is 170 Å². The molecule has 3 nitrogen and oxygen atoms in total. The van der Waals surface area contributed by atoms with Crippen LogP contribution in [0.2, 0.25) is 6.55 Å². The Kier molecular flexibility index (Phi) is 7.65. The maximum atomic E-state index is 12.9. The summed E-state index contributed by atoms with van der Waals surface area (Å²) in [5, 5.41) is 9.52. The van der Waals surface area contributed by atoms with E-state index in [-0.39, 0.29) is 30.0 Å². The number of benzene rings is 2. The summed E-state index contributed by atoms with van der Waals surface area (Å²) in [6, 6.07) is 21.5. The topological polar surface area (TPSA) is 41.1 Å². The standard InChI is InChI=1S/C22H30N2OSi.ClH/c1-17(2)22(24-21(25)20-15-10-16-23-20)26(3,18-11-6-4-7-12-18)19-13-8-5-9-14-19;/h4-9,11-14,17,20,22-23H,10,15-16H2,1-3H3,(H,24,25);1H/t20-,22+;/m0./s1. The number of rotatable bonds is 6.